The van der Waals surface area contributed by atoms with E-state index in [0.29, 0.717) is 12.0 Å². The van der Waals surface area contributed by atoms with Crippen molar-refractivity contribution in [3.05, 3.63) is 81.6 Å². The maximum atomic E-state index is 14.2. The highest BCUT2D eigenvalue weighted by Crippen LogP contribution is 2.38. The van der Waals surface area contributed by atoms with Crippen LogP contribution in [-0.2, 0) is 11.2 Å². The van der Waals surface area contributed by atoms with Gasteiger partial charge in [0.1, 0.15) is 5.82 Å². The molecular formula is C19H13BrFNO. The van der Waals surface area contributed by atoms with Crippen LogP contribution in [-0.4, -0.2) is 5.91 Å². The Labute approximate surface area is 141 Å². The van der Waals surface area contributed by atoms with Crippen LogP contribution in [0.4, 0.5) is 4.39 Å². The molecule has 0 radical (unpaired) electrons. The summed E-state index contributed by atoms with van der Waals surface area (Å²) >= 11 is 3.60. The van der Waals surface area contributed by atoms with Crippen molar-refractivity contribution in [3.63, 3.8) is 0 Å². The van der Waals surface area contributed by atoms with Gasteiger partial charge in [0.15, 0.2) is 0 Å². The van der Waals surface area contributed by atoms with Crippen molar-refractivity contribution in [2.45, 2.75) is 12.5 Å². The van der Waals surface area contributed by atoms with Gasteiger partial charge in [-0.2, -0.15) is 0 Å². The van der Waals surface area contributed by atoms with Gasteiger partial charge in [-0.3, -0.25) is 4.79 Å². The van der Waals surface area contributed by atoms with Gasteiger partial charge in [0.2, 0.25) is 5.91 Å². The summed E-state index contributed by atoms with van der Waals surface area (Å²) in [6.07, 6.45) is 0.314. The highest BCUT2D eigenvalue weighted by molar-refractivity contribution is 9.10. The zero-order chi connectivity index (χ0) is 16.0. The van der Waals surface area contributed by atoms with E-state index in [1.807, 2.05) is 30.3 Å². The molecule has 1 unspecified atom stereocenters. The van der Waals surface area contributed by atoms with E-state index < -0.39 is 6.04 Å². The van der Waals surface area contributed by atoms with Crippen LogP contribution < -0.4 is 5.32 Å². The van der Waals surface area contributed by atoms with Crippen molar-refractivity contribution < 1.29 is 9.18 Å². The number of hydrogen-bond donors (Lipinski definition) is 1. The maximum Gasteiger partial charge on any atom is 0.225 e. The smallest absolute Gasteiger partial charge is 0.225 e. The molecule has 1 heterocycles. The highest BCUT2D eigenvalue weighted by Gasteiger charge is 2.29. The zero-order valence-corrected chi connectivity index (χ0v) is 13.7. The Hall–Kier alpha value is -2.20. The molecule has 1 amide bonds. The van der Waals surface area contributed by atoms with E-state index in [2.05, 4.69) is 21.2 Å². The van der Waals surface area contributed by atoms with Gasteiger partial charge in [0.05, 0.1) is 12.5 Å². The van der Waals surface area contributed by atoms with Crippen molar-refractivity contribution in [1.82, 2.24) is 5.32 Å². The average Bonchev–Trinajstić information content (AvgIpc) is 2.56. The van der Waals surface area contributed by atoms with Crippen molar-refractivity contribution in [3.8, 4) is 0 Å². The Morgan fingerprint density at radius 2 is 1.70 bits per heavy atom. The molecule has 114 valence electrons. The topological polar surface area (TPSA) is 29.1 Å². The minimum Gasteiger partial charge on any atom is -0.345 e. The Kier molecular flexibility index (Phi) is 3.42. The fraction of sp³-hybridized carbons (Fsp3) is 0.105. The standard InChI is InChI=1S/C19H13BrFNO/c20-16-9-15-14(11-5-1-2-6-12(11)16)10-18(23)22-19(15)13-7-3-4-8-17(13)21/h1-9,19H,10H2,(H,22,23). The minimum absolute atomic E-state index is 0.0850. The summed E-state index contributed by atoms with van der Waals surface area (Å²) in [6.45, 7) is 0. The zero-order valence-electron chi connectivity index (χ0n) is 12.1. The summed E-state index contributed by atoms with van der Waals surface area (Å²) in [5.74, 6) is -0.395. The van der Waals surface area contributed by atoms with Crippen LogP contribution in [0.15, 0.2) is 59.1 Å². The maximum absolute atomic E-state index is 14.2. The molecule has 1 aliphatic rings. The normalized spacial score (nSPS) is 17.0. The molecule has 3 aromatic rings. The molecule has 4 heteroatoms. The predicted molar refractivity (Wildman–Crippen MR) is 91.7 cm³/mol. The molecule has 0 bridgehead atoms. The number of rotatable bonds is 1. The molecule has 0 aromatic heterocycles. The van der Waals surface area contributed by atoms with E-state index in [-0.39, 0.29) is 11.7 Å². The Morgan fingerprint density at radius 3 is 2.48 bits per heavy atom. The van der Waals surface area contributed by atoms with Crippen molar-refractivity contribution in [2.24, 2.45) is 0 Å². The lowest BCUT2D eigenvalue weighted by molar-refractivity contribution is -0.121. The van der Waals surface area contributed by atoms with E-state index in [1.165, 1.54) is 6.07 Å². The molecule has 3 aromatic carbocycles. The number of carbonyl (C=O) groups excluding carboxylic acids is 1. The van der Waals surface area contributed by atoms with E-state index in [1.54, 1.807) is 18.2 Å². The predicted octanol–water partition coefficient (Wildman–Crippen LogP) is 4.50. The highest BCUT2D eigenvalue weighted by atomic mass is 79.9. The molecule has 1 N–H and O–H groups in total. The monoisotopic (exact) mass is 369 g/mol. The summed E-state index contributed by atoms with van der Waals surface area (Å²) in [5.41, 5.74) is 2.41. The second-order valence-electron chi connectivity index (χ2n) is 5.67. The van der Waals surface area contributed by atoms with Crippen LogP contribution in [0.3, 0.4) is 0 Å². The van der Waals surface area contributed by atoms with Gasteiger partial charge < -0.3 is 5.32 Å². The number of carbonyl (C=O) groups is 1. The molecule has 0 saturated heterocycles. The summed E-state index contributed by atoms with van der Waals surface area (Å²) in [7, 11) is 0. The van der Waals surface area contributed by atoms with Gasteiger partial charge in [-0.1, -0.05) is 58.4 Å². The summed E-state index contributed by atoms with van der Waals surface area (Å²) < 4.78 is 15.2. The number of fused-ring (bicyclic) bond motifs is 3. The molecule has 1 aliphatic heterocycles. The Bertz CT molecular complexity index is 938. The van der Waals surface area contributed by atoms with Gasteiger partial charge in [-0.05, 0) is 34.0 Å². The fourth-order valence-corrected chi connectivity index (χ4v) is 3.86. The first-order valence-corrected chi connectivity index (χ1v) is 8.18. The summed E-state index contributed by atoms with van der Waals surface area (Å²) in [6, 6.07) is 16.1. The molecular weight excluding hydrogens is 357 g/mol. The van der Waals surface area contributed by atoms with Crippen LogP contribution in [0.1, 0.15) is 22.7 Å². The van der Waals surface area contributed by atoms with Crippen LogP contribution in [0.25, 0.3) is 10.8 Å². The Balaban J connectivity index is 2.01. The van der Waals surface area contributed by atoms with Crippen LogP contribution >= 0.6 is 15.9 Å². The summed E-state index contributed by atoms with van der Waals surface area (Å²) in [4.78, 5) is 12.2. The van der Waals surface area contributed by atoms with Gasteiger partial charge in [-0.25, -0.2) is 4.39 Å². The van der Waals surface area contributed by atoms with Gasteiger partial charge >= 0.3 is 0 Å². The van der Waals surface area contributed by atoms with Crippen molar-refractivity contribution >= 4 is 32.6 Å². The number of amides is 1. The fourth-order valence-electron chi connectivity index (χ4n) is 3.27. The lowest BCUT2D eigenvalue weighted by atomic mass is 9.86. The molecule has 2 nitrogen and oxygen atoms in total. The van der Waals surface area contributed by atoms with Gasteiger partial charge in [-0.15, -0.1) is 0 Å². The quantitative estimate of drug-likeness (QED) is 0.671. The summed E-state index contributed by atoms with van der Waals surface area (Å²) in [5, 5.41) is 5.02. The van der Waals surface area contributed by atoms with Gasteiger partial charge in [0.25, 0.3) is 0 Å². The van der Waals surface area contributed by atoms with E-state index in [9.17, 15) is 9.18 Å². The van der Waals surface area contributed by atoms with Gasteiger partial charge in [0, 0.05) is 10.0 Å². The van der Waals surface area contributed by atoms with Crippen LogP contribution in [0.2, 0.25) is 0 Å². The average molecular weight is 370 g/mol. The number of hydrogen-bond acceptors (Lipinski definition) is 1. The first-order chi connectivity index (χ1) is 11.1. The molecule has 0 spiro atoms. The molecule has 0 saturated carbocycles. The second kappa shape index (κ2) is 5.46. The lowest BCUT2D eigenvalue weighted by Crippen LogP contribution is -2.36. The van der Waals surface area contributed by atoms with Crippen molar-refractivity contribution in [1.29, 1.82) is 0 Å². The largest absolute Gasteiger partial charge is 0.345 e. The third-order valence-corrected chi connectivity index (χ3v) is 4.97. The number of benzene rings is 3. The van der Waals surface area contributed by atoms with E-state index in [0.717, 1.165) is 26.4 Å². The second-order valence-corrected chi connectivity index (χ2v) is 6.52. The number of halogens is 2. The molecule has 23 heavy (non-hydrogen) atoms. The Morgan fingerprint density at radius 1 is 1.00 bits per heavy atom. The third-order valence-electron chi connectivity index (χ3n) is 4.31. The molecule has 0 aliphatic carbocycles. The van der Waals surface area contributed by atoms with Crippen molar-refractivity contribution in [2.75, 3.05) is 0 Å². The van der Waals surface area contributed by atoms with E-state index >= 15 is 0 Å². The number of nitrogens with one attached hydrogen (secondary N) is 1. The molecule has 0 fully saturated rings. The molecule has 4 rings (SSSR count). The van der Waals surface area contributed by atoms with Crippen LogP contribution in [0.5, 0.6) is 0 Å². The van der Waals surface area contributed by atoms with E-state index in [4.69, 9.17) is 0 Å². The minimum atomic E-state index is -0.464. The van der Waals surface area contributed by atoms with Crippen LogP contribution in [0, 0.1) is 5.82 Å². The third kappa shape index (κ3) is 2.34. The first kappa shape index (κ1) is 14.4. The first-order valence-electron chi connectivity index (χ1n) is 7.39. The molecule has 1 atom stereocenters. The SMILES string of the molecule is O=C1Cc2c(cc(Br)c3ccccc23)C(c2ccccc2F)N1. The lowest BCUT2D eigenvalue weighted by Gasteiger charge is -2.29.